The first-order valence-electron chi connectivity index (χ1n) is 4.14. The van der Waals surface area contributed by atoms with E-state index < -0.39 is 0 Å². The van der Waals surface area contributed by atoms with Crippen LogP contribution in [0.15, 0.2) is 4.99 Å². The Morgan fingerprint density at radius 3 is 2.83 bits per heavy atom. The molecule has 0 aromatic heterocycles. The predicted octanol–water partition coefficient (Wildman–Crippen LogP) is 0.620. The van der Waals surface area contributed by atoms with E-state index in [2.05, 4.69) is 30.1 Å². The van der Waals surface area contributed by atoms with Crippen molar-refractivity contribution in [3.05, 3.63) is 0 Å². The zero-order chi connectivity index (χ0) is 8.97. The van der Waals surface area contributed by atoms with Gasteiger partial charge < -0.3 is 10.1 Å². The topological polar surface area (TPSA) is 33.6 Å². The Hall–Kier alpha value is -1.17. The van der Waals surface area contributed by atoms with Crippen LogP contribution in [-0.4, -0.2) is 25.2 Å². The number of nitrogens with one attached hydrogen (secondary N) is 1. The predicted molar refractivity (Wildman–Crippen MR) is 48.8 cm³/mol. The Kier molecular flexibility index (Phi) is 2.98. The van der Waals surface area contributed by atoms with Gasteiger partial charge in [-0.25, -0.2) is 4.99 Å². The van der Waals surface area contributed by atoms with E-state index in [1.54, 1.807) is 0 Å². The molecular formula is C9H14N2O. The smallest absolute Gasteiger partial charge is 0.285 e. The minimum absolute atomic E-state index is 0.0156. The molecule has 66 valence electrons. The maximum Gasteiger partial charge on any atom is 0.285 e. The molecule has 1 heterocycles. The molecule has 0 saturated carbocycles. The van der Waals surface area contributed by atoms with E-state index in [0.29, 0.717) is 18.5 Å². The van der Waals surface area contributed by atoms with Gasteiger partial charge >= 0.3 is 0 Å². The first-order valence-corrected chi connectivity index (χ1v) is 4.14. The molecule has 0 fully saturated rings. The van der Waals surface area contributed by atoms with Gasteiger partial charge in [0.05, 0.1) is 12.6 Å². The lowest BCUT2D eigenvalue weighted by atomic mass is 10.1. The monoisotopic (exact) mass is 166 g/mol. The first kappa shape index (κ1) is 8.92. The SMILES string of the molecule is C#C[C@H](NC1=NCCO1)C(C)C. The van der Waals surface area contributed by atoms with Gasteiger partial charge in [-0.15, -0.1) is 6.42 Å². The molecule has 1 rings (SSSR count). The fourth-order valence-electron chi connectivity index (χ4n) is 0.956. The quantitative estimate of drug-likeness (QED) is 0.610. The number of hydrogen-bond donors (Lipinski definition) is 1. The number of nitrogens with zero attached hydrogens (tertiary/aromatic N) is 1. The molecule has 1 aliphatic heterocycles. The summed E-state index contributed by atoms with van der Waals surface area (Å²) in [6.07, 6.45) is 5.33. The normalized spacial score (nSPS) is 18.0. The van der Waals surface area contributed by atoms with Gasteiger partial charge in [-0.3, -0.25) is 0 Å². The highest BCUT2D eigenvalue weighted by Crippen LogP contribution is 2.01. The maximum atomic E-state index is 5.33. The third-order valence-electron chi connectivity index (χ3n) is 1.71. The Morgan fingerprint density at radius 1 is 1.67 bits per heavy atom. The van der Waals surface area contributed by atoms with Crippen molar-refractivity contribution in [1.29, 1.82) is 0 Å². The van der Waals surface area contributed by atoms with Gasteiger partial charge in [0.1, 0.15) is 6.61 Å². The zero-order valence-corrected chi connectivity index (χ0v) is 7.50. The van der Waals surface area contributed by atoms with Gasteiger partial charge in [0.15, 0.2) is 0 Å². The van der Waals surface area contributed by atoms with E-state index in [1.807, 2.05) is 0 Å². The molecule has 0 amide bonds. The van der Waals surface area contributed by atoms with E-state index in [-0.39, 0.29) is 6.04 Å². The number of terminal acetylenes is 1. The average molecular weight is 166 g/mol. The lowest BCUT2D eigenvalue weighted by Gasteiger charge is -2.16. The Bertz CT molecular complexity index is 215. The minimum Gasteiger partial charge on any atom is -0.463 e. The summed E-state index contributed by atoms with van der Waals surface area (Å²) < 4.78 is 5.18. The van der Waals surface area contributed by atoms with Gasteiger partial charge in [-0.2, -0.15) is 0 Å². The van der Waals surface area contributed by atoms with Crippen molar-refractivity contribution in [3.8, 4) is 12.3 Å². The first-order chi connectivity index (χ1) is 5.74. The summed E-state index contributed by atoms with van der Waals surface area (Å²) in [6.45, 7) is 5.52. The van der Waals surface area contributed by atoms with Crippen LogP contribution in [0.2, 0.25) is 0 Å². The summed E-state index contributed by atoms with van der Waals surface area (Å²) in [5.41, 5.74) is 0. The molecule has 0 unspecified atom stereocenters. The second-order valence-corrected chi connectivity index (χ2v) is 3.07. The van der Waals surface area contributed by atoms with E-state index in [9.17, 15) is 0 Å². The number of ether oxygens (including phenoxy) is 1. The molecule has 3 heteroatoms. The molecule has 3 nitrogen and oxygen atoms in total. The van der Waals surface area contributed by atoms with Gasteiger partial charge in [-0.1, -0.05) is 19.8 Å². The molecule has 0 aliphatic carbocycles. The fourth-order valence-corrected chi connectivity index (χ4v) is 0.956. The van der Waals surface area contributed by atoms with Crippen molar-refractivity contribution in [2.45, 2.75) is 19.9 Å². The number of hydrogen-bond acceptors (Lipinski definition) is 3. The van der Waals surface area contributed by atoms with Crippen molar-refractivity contribution in [2.75, 3.05) is 13.2 Å². The standard InChI is InChI=1S/C9H14N2O/c1-4-8(7(2)3)11-9-10-5-6-12-9/h1,7-8H,5-6H2,2-3H3,(H,10,11)/t8-/m0/s1. The zero-order valence-electron chi connectivity index (χ0n) is 7.50. The number of amidine groups is 1. The molecule has 0 radical (unpaired) electrons. The second kappa shape index (κ2) is 4.01. The van der Waals surface area contributed by atoms with Crippen LogP contribution in [-0.2, 0) is 4.74 Å². The lowest BCUT2D eigenvalue weighted by Crippen LogP contribution is -2.37. The van der Waals surface area contributed by atoms with Crippen molar-refractivity contribution in [1.82, 2.24) is 5.32 Å². The number of aliphatic imine (C=N–C) groups is 1. The molecule has 0 aromatic carbocycles. The maximum absolute atomic E-state index is 5.33. The molecule has 1 atom stereocenters. The van der Waals surface area contributed by atoms with Gasteiger partial charge in [0, 0.05) is 0 Å². The van der Waals surface area contributed by atoms with Crippen LogP contribution >= 0.6 is 0 Å². The third-order valence-corrected chi connectivity index (χ3v) is 1.71. The van der Waals surface area contributed by atoms with E-state index in [1.165, 1.54) is 0 Å². The van der Waals surface area contributed by atoms with Crippen molar-refractivity contribution >= 4 is 6.02 Å². The van der Waals surface area contributed by atoms with Crippen molar-refractivity contribution in [3.63, 3.8) is 0 Å². The molecule has 0 spiro atoms. The molecule has 1 aliphatic rings. The van der Waals surface area contributed by atoms with Crippen LogP contribution < -0.4 is 5.32 Å². The second-order valence-electron chi connectivity index (χ2n) is 3.07. The summed E-state index contributed by atoms with van der Waals surface area (Å²) in [6, 6.07) is 0.605. The summed E-state index contributed by atoms with van der Waals surface area (Å²) in [5.74, 6) is 3.05. The highest BCUT2D eigenvalue weighted by molar-refractivity contribution is 5.75. The summed E-state index contributed by atoms with van der Waals surface area (Å²) in [4.78, 5) is 4.09. The van der Waals surface area contributed by atoms with Crippen molar-refractivity contribution < 1.29 is 4.74 Å². The summed E-state index contributed by atoms with van der Waals surface area (Å²) >= 11 is 0. The van der Waals surface area contributed by atoms with Gasteiger partial charge in [0.25, 0.3) is 6.02 Å². The highest BCUT2D eigenvalue weighted by Gasteiger charge is 2.14. The Labute approximate surface area is 73.2 Å². The highest BCUT2D eigenvalue weighted by atomic mass is 16.5. The molecule has 0 saturated heterocycles. The summed E-state index contributed by atoms with van der Waals surface area (Å²) in [5, 5.41) is 3.06. The molecule has 0 aromatic rings. The van der Waals surface area contributed by atoms with E-state index in [0.717, 1.165) is 6.54 Å². The molecule has 1 N–H and O–H groups in total. The third kappa shape index (κ3) is 2.16. The van der Waals surface area contributed by atoms with Crippen LogP contribution in [0.5, 0.6) is 0 Å². The summed E-state index contributed by atoms with van der Waals surface area (Å²) in [7, 11) is 0. The fraction of sp³-hybridized carbons (Fsp3) is 0.667. The number of rotatable bonds is 2. The van der Waals surface area contributed by atoms with Gasteiger partial charge in [-0.05, 0) is 5.92 Å². The van der Waals surface area contributed by atoms with Crippen LogP contribution in [0, 0.1) is 18.3 Å². The average Bonchev–Trinajstić information content (AvgIpc) is 2.51. The van der Waals surface area contributed by atoms with Crippen LogP contribution in [0.4, 0.5) is 0 Å². The molecule has 0 bridgehead atoms. The minimum atomic E-state index is 0.0156. The molecule has 12 heavy (non-hydrogen) atoms. The Balaban J connectivity index is 2.43. The van der Waals surface area contributed by atoms with Crippen LogP contribution in [0.3, 0.4) is 0 Å². The van der Waals surface area contributed by atoms with Crippen LogP contribution in [0.1, 0.15) is 13.8 Å². The van der Waals surface area contributed by atoms with Crippen molar-refractivity contribution in [2.24, 2.45) is 10.9 Å². The van der Waals surface area contributed by atoms with Crippen LogP contribution in [0.25, 0.3) is 0 Å². The van der Waals surface area contributed by atoms with E-state index >= 15 is 0 Å². The lowest BCUT2D eigenvalue weighted by molar-refractivity contribution is 0.323. The Morgan fingerprint density at radius 2 is 2.42 bits per heavy atom. The van der Waals surface area contributed by atoms with E-state index in [4.69, 9.17) is 11.2 Å². The van der Waals surface area contributed by atoms with Gasteiger partial charge in [0.2, 0.25) is 0 Å². The largest absolute Gasteiger partial charge is 0.463 e. The molecular weight excluding hydrogens is 152 g/mol.